The molecule has 3 amide bonds. The Morgan fingerprint density at radius 1 is 0.941 bits per heavy atom. The maximum Gasteiger partial charge on any atom is 0.413 e. The molecule has 0 aliphatic heterocycles. The van der Waals surface area contributed by atoms with E-state index in [0.29, 0.717) is 24.3 Å². The van der Waals surface area contributed by atoms with E-state index in [0.717, 1.165) is 0 Å². The van der Waals surface area contributed by atoms with E-state index in [4.69, 9.17) is 4.74 Å². The van der Waals surface area contributed by atoms with Gasteiger partial charge in [0.1, 0.15) is 11.8 Å². The zero-order valence-electron chi connectivity index (χ0n) is 19.7. The fourth-order valence-electron chi connectivity index (χ4n) is 3.22. The van der Waals surface area contributed by atoms with Crippen LogP contribution < -0.4 is 20.7 Å². The standard InChI is InChI=1S/C25H32N4O5/c1-4-10-20(22(30)24(32)27-16-18-11-8-9-14-26-18)28-23(31)21(15-17(2)3)29-25(33)34-19-12-6-5-7-13-19/h5-9,11-14,17,20-21H,4,10,15-16H2,1-3H3,(H,27,32)(H,28,31)(H,29,33). The summed E-state index contributed by atoms with van der Waals surface area (Å²) in [6.45, 7) is 5.76. The monoisotopic (exact) mass is 468 g/mol. The number of nitrogens with zero attached hydrogens (tertiary/aromatic N) is 1. The van der Waals surface area contributed by atoms with Gasteiger partial charge in [-0.1, -0.05) is 51.5 Å². The lowest BCUT2D eigenvalue weighted by atomic mass is 10.0. The summed E-state index contributed by atoms with van der Waals surface area (Å²) in [5.41, 5.74) is 0.609. The highest BCUT2D eigenvalue weighted by molar-refractivity contribution is 6.38. The molecule has 0 saturated carbocycles. The molecule has 1 aromatic heterocycles. The summed E-state index contributed by atoms with van der Waals surface area (Å²) in [7, 11) is 0. The third kappa shape index (κ3) is 9.01. The lowest BCUT2D eigenvalue weighted by Gasteiger charge is -2.23. The minimum atomic E-state index is -1.01. The predicted octanol–water partition coefficient (Wildman–Crippen LogP) is 2.76. The largest absolute Gasteiger partial charge is 0.413 e. The number of carbonyl (C=O) groups is 4. The van der Waals surface area contributed by atoms with Crippen molar-refractivity contribution < 1.29 is 23.9 Å². The molecule has 0 bridgehead atoms. The second kappa shape index (κ2) is 13.7. The van der Waals surface area contributed by atoms with Crippen molar-refractivity contribution in [3.8, 4) is 5.75 Å². The average Bonchev–Trinajstić information content (AvgIpc) is 2.82. The summed E-state index contributed by atoms with van der Waals surface area (Å²) in [5.74, 6) is -1.69. The number of carbonyl (C=O) groups excluding carboxylic acids is 4. The van der Waals surface area contributed by atoms with E-state index in [1.54, 1.807) is 54.7 Å². The Bertz CT molecular complexity index is 950. The number of nitrogens with one attached hydrogen (secondary N) is 3. The topological polar surface area (TPSA) is 126 Å². The minimum absolute atomic E-state index is 0.0785. The quantitative estimate of drug-likeness (QED) is 0.411. The van der Waals surface area contributed by atoms with Crippen molar-refractivity contribution in [2.75, 3.05) is 0 Å². The highest BCUT2D eigenvalue weighted by atomic mass is 16.6. The molecule has 0 saturated heterocycles. The molecule has 9 nitrogen and oxygen atoms in total. The van der Waals surface area contributed by atoms with Crippen LogP contribution in [-0.4, -0.2) is 40.8 Å². The van der Waals surface area contributed by atoms with E-state index in [1.165, 1.54) is 0 Å². The number of aromatic nitrogens is 1. The van der Waals surface area contributed by atoms with Crippen molar-refractivity contribution in [2.45, 2.75) is 58.7 Å². The Labute approximate surface area is 199 Å². The molecule has 1 aromatic carbocycles. The Balaban J connectivity index is 2.01. The first kappa shape index (κ1) is 26.5. The molecule has 0 fully saturated rings. The van der Waals surface area contributed by atoms with Gasteiger partial charge in [-0.2, -0.15) is 0 Å². The van der Waals surface area contributed by atoms with Gasteiger partial charge >= 0.3 is 6.09 Å². The summed E-state index contributed by atoms with van der Waals surface area (Å²) in [4.78, 5) is 54.6. The summed E-state index contributed by atoms with van der Waals surface area (Å²) < 4.78 is 5.22. The van der Waals surface area contributed by atoms with Crippen molar-refractivity contribution >= 4 is 23.7 Å². The fraction of sp³-hybridized carbons (Fsp3) is 0.400. The molecule has 2 atom stereocenters. The number of ketones is 1. The smallest absolute Gasteiger partial charge is 0.410 e. The van der Waals surface area contributed by atoms with Gasteiger partial charge in [0.25, 0.3) is 5.91 Å². The minimum Gasteiger partial charge on any atom is -0.410 e. The van der Waals surface area contributed by atoms with Crippen LogP contribution in [-0.2, 0) is 20.9 Å². The van der Waals surface area contributed by atoms with Gasteiger partial charge in [0.05, 0.1) is 18.3 Å². The number of ether oxygens (including phenoxy) is 1. The first-order chi connectivity index (χ1) is 16.3. The second-order valence-corrected chi connectivity index (χ2v) is 8.25. The number of hydrogen-bond acceptors (Lipinski definition) is 6. The van der Waals surface area contributed by atoms with Gasteiger partial charge in [-0.25, -0.2) is 4.79 Å². The van der Waals surface area contributed by atoms with Crippen LogP contribution in [0.4, 0.5) is 4.79 Å². The number of amides is 3. The first-order valence-corrected chi connectivity index (χ1v) is 11.4. The van der Waals surface area contributed by atoms with Crippen molar-refractivity contribution in [2.24, 2.45) is 5.92 Å². The number of para-hydroxylation sites is 1. The first-order valence-electron chi connectivity index (χ1n) is 11.4. The zero-order valence-corrected chi connectivity index (χ0v) is 19.7. The van der Waals surface area contributed by atoms with E-state index < -0.39 is 35.8 Å². The van der Waals surface area contributed by atoms with E-state index in [2.05, 4.69) is 20.9 Å². The van der Waals surface area contributed by atoms with Crippen LogP contribution in [0.1, 0.15) is 45.7 Å². The van der Waals surface area contributed by atoms with E-state index in [9.17, 15) is 19.2 Å². The summed E-state index contributed by atoms with van der Waals surface area (Å²) in [5, 5.41) is 7.74. The van der Waals surface area contributed by atoms with E-state index in [-0.39, 0.29) is 18.9 Å². The number of hydrogen-bond donors (Lipinski definition) is 3. The summed E-state index contributed by atoms with van der Waals surface area (Å²) in [6, 6.07) is 11.8. The SMILES string of the molecule is CCCC(NC(=O)C(CC(C)C)NC(=O)Oc1ccccc1)C(=O)C(=O)NCc1ccccn1. The van der Waals surface area contributed by atoms with Gasteiger partial charge < -0.3 is 20.7 Å². The van der Waals surface area contributed by atoms with Gasteiger partial charge in [-0.05, 0) is 43.0 Å². The molecule has 2 rings (SSSR count). The molecule has 0 aliphatic carbocycles. The third-order valence-electron chi connectivity index (χ3n) is 4.86. The van der Waals surface area contributed by atoms with E-state index >= 15 is 0 Å². The Morgan fingerprint density at radius 3 is 2.26 bits per heavy atom. The van der Waals surface area contributed by atoms with Crippen LogP contribution in [0.15, 0.2) is 54.7 Å². The van der Waals surface area contributed by atoms with Crippen molar-refractivity contribution in [3.63, 3.8) is 0 Å². The maximum absolute atomic E-state index is 13.0. The molecule has 34 heavy (non-hydrogen) atoms. The van der Waals surface area contributed by atoms with E-state index in [1.807, 2.05) is 20.8 Å². The third-order valence-corrected chi connectivity index (χ3v) is 4.86. The number of Topliss-reactive ketones (excluding diaryl/α,β-unsaturated/α-hetero) is 1. The average molecular weight is 469 g/mol. The molecule has 2 aromatic rings. The molecule has 1 heterocycles. The maximum atomic E-state index is 13.0. The molecule has 0 spiro atoms. The molecule has 0 aliphatic rings. The van der Waals surface area contributed by atoms with Gasteiger partial charge in [-0.15, -0.1) is 0 Å². The molecule has 182 valence electrons. The Morgan fingerprint density at radius 2 is 1.65 bits per heavy atom. The molecular formula is C25H32N4O5. The van der Waals surface area contributed by atoms with Crippen LogP contribution in [0, 0.1) is 5.92 Å². The molecule has 0 radical (unpaired) electrons. The summed E-state index contributed by atoms with van der Waals surface area (Å²) >= 11 is 0. The highest BCUT2D eigenvalue weighted by Crippen LogP contribution is 2.11. The molecular weight excluding hydrogens is 436 g/mol. The predicted molar refractivity (Wildman–Crippen MR) is 127 cm³/mol. The summed E-state index contributed by atoms with van der Waals surface area (Å²) in [6.07, 6.45) is 1.99. The lowest BCUT2D eigenvalue weighted by Crippen LogP contribution is -2.54. The van der Waals surface area contributed by atoms with Gasteiger partial charge in [0.2, 0.25) is 11.7 Å². The van der Waals surface area contributed by atoms with Gasteiger partial charge in [0.15, 0.2) is 0 Å². The zero-order chi connectivity index (χ0) is 24.9. The molecule has 9 heteroatoms. The lowest BCUT2D eigenvalue weighted by molar-refractivity contribution is -0.140. The second-order valence-electron chi connectivity index (χ2n) is 8.25. The van der Waals surface area contributed by atoms with Crippen LogP contribution in [0.25, 0.3) is 0 Å². The van der Waals surface area contributed by atoms with Gasteiger partial charge in [0, 0.05) is 6.20 Å². The van der Waals surface area contributed by atoms with Crippen molar-refractivity contribution in [3.05, 3.63) is 60.4 Å². The number of pyridine rings is 1. The normalized spacial score (nSPS) is 12.4. The number of benzene rings is 1. The fourth-order valence-corrected chi connectivity index (χ4v) is 3.22. The Kier molecular flexibility index (Phi) is 10.7. The Hall–Kier alpha value is -3.75. The molecule has 2 unspecified atom stereocenters. The van der Waals surface area contributed by atoms with Crippen LogP contribution in [0.3, 0.4) is 0 Å². The van der Waals surface area contributed by atoms with Gasteiger partial charge in [-0.3, -0.25) is 19.4 Å². The van der Waals surface area contributed by atoms with Crippen molar-refractivity contribution in [1.82, 2.24) is 20.9 Å². The highest BCUT2D eigenvalue weighted by Gasteiger charge is 2.30. The van der Waals surface area contributed by atoms with Crippen molar-refractivity contribution in [1.29, 1.82) is 0 Å². The van der Waals surface area contributed by atoms with Crippen LogP contribution in [0.5, 0.6) is 5.75 Å². The molecule has 3 N–H and O–H groups in total. The van der Waals surface area contributed by atoms with Crippen LogP contribution >= 0.6 is 0 Å². The van der Waals surface area contributed by atoms with Crippen LogP contribution in [0.2, 0.25) is 0 Å². The number of rotatable bonds is 12.